The fourth-order valence-corrected chi connectivity index (χ4v) is 2.21. The summed E-state index contributed by atoms with van der Waals surface area (Å²) in [5.74, 6) is 0.453. The summed E-state index contributed by atoms with van der Waals surface area (Å²) in [5, 5.41) is 0. The first-order valence-electron chi connectivity index (χ1n) is 6.44. The van der Waals surface area contributed by atoms with Crippen LogP contribution in [-0.2, 0) is 0 Å². The molecule has 1 fully saturated rings. The van der Waals surface area contributed by atoms with E-state index in [0.717, 1.165) is 32.7 Å². The van der Waals surface area contributed by atoms with E-state index in [-0.39, 0.29) is 0 Å². The average molecular weight is 246 g/mol. The minimum Gasteiger partial charge on any atom is -0.326 e. The summed E-state index contributed by atoms with van der Waals surface area (Å²) in [7, 11) is 0. The first-order valence-corrected chi connectivity index (χ1v) is 6.44. The van der Waals surface area contributed by atoms with Gasteiger partial charge in [0, 0.05) is 0 Å². The van der Waals surface area contributed by atoms with Crippen molar-refractivity contribution in [2.75, 3.05) is 32.7 Å². The molecule has 1 aromatic carbocycles. The molecule has 1 aliphatic heterocycles. The van der Waals surface area contributed by atoms with Crippen molar-refractivity contribution in [3.05, 3.63) is 42.0 Å². The Morgan fingerprint density at radius 3 is 2.44 bits per heavy atom. The van der Waals surface area contributed by atoms with E-state index in [1.54, 1.807) is 4.90 Å². The Labute approximate surface area is 108 Å². The largest absolute Gasteiger partial charge is 0.341 e. The van der Waals surface area contributed by atoms with Crippen molar-refractivity contribution >= 4 is 12.0 Å². The van der Waals surface area contributed by atoms with Crippen LogP contribution in [0.2, 0.25) is 0 Å². The van der Waals surface area contributed by atoms with Crippen LogP contribution in [0.4, 0.5) is 0 Å². The highest BCUT2D eigenvalue weighted by Crippen LogP contribution is 1.99. The van der Waals surface area contributed by atoms with Gasteiger partial charge < -0.3 is 4.90 Å². The van der Waals surface area contributed by atoms with Crippen molar-refractivity contribution in [2.24, 2.45) is 11.5 Å². The third kappa shape index (κ3) is 3.60. The minimum absolute atomic E-state index is 0.453. The molecule has 0 unspecified atom stereocenters. The van der Waals surface area contributed by atoms with Crippen LogP contribution >= 0.6 is 0 Å². The molecule has 0 aromatic heterocycles. The van der Waals surface area contributed by atoms with Gasteiger partial charge in [-0.15, -0.1) is 0 Å². The molecule has 0 bridgehead atoms. The molecular formula is C14H22N4+2. The van der Waals surface area contributed by atoms with Crippen LogP contribution < -0.4 is 16.4 Å². The van der Waals surface area contributed by atoms with Crippen molar-refractivity contribution in [3.63, 3.8) is 0 Å². The van der Waals surface area contributed by atoms with Crippen LogP contribution in [0.1, 0.15) is 5.56 Å². The van der Waals surface area contributed by atoms with Gasteiger partial charge in [-0.05, 0) is 11.6 Å². The van der Waals surface area contributed by atoms with Gasteiger partial charge in [0.1, 0.15) is 26.2 Å². The summed E-state index contributed by atoms with van der Waals surface area (Å²) < 4.78 is 2.05. The summed E-state index contributed by atoms with van der Waals surface area (Å²) >= 11 is 0. The van der Waals surface area contributed by atoms with Crippen LogP contribution in [-0.4, -0.2) is 43.3 Å². The molecule has 0 radical (unpaired) electrons. The molecule has 2 rings (SSSR count). The topological polar surface area (TPSA) is 59.5 Å². The Hall–Kier alpha value is -1.81. The van der Waals surface area contributed by atoms with Gasteiger partial charge in [-0.2, -0.15) is 0 Å². The third-order valence-electron chi connectivity index (χ3n) is 3.35. The quantitative estimate of drug-likeness (QED) is 0.468. The number of nitrogens with two attached hydrogens (primary N) is 2. The van der Waals surface area contributed by atoms with Crippen LogP contribution in [0.25, 0.3) is 6.08 Å². The Morgan fingerprint density at radius 1 is 1.17 bits per heavy atom. The number of quaternary nitrogens is 1. The SMILES string of the molecule is NC(N)=[N+]1CC[NH+](C/C=C/c2ccccc2)CC1. The molecule has 96 valence electrons. The maximum Gasteiger partial charge on any atom is 0.341 e. The number of hydrogen-bond acceptors (Lipinski definition) is 0. The molecule has 0 aliphatic carbocycles. The van der Waals surface area contributed by atoms with Crippen molar-refractivity contribution < 1.29 is 9.48 Å². The smallest absolute Gasteiger partial charge is 0.326 e. The highest BCUT2D eigenvalue weighted by Gasteiger charge is 2.18. The summed E-state index contributed by atoms with van der Waals surface area (Å²) in [6, 6.07) is 10.4. The lowest BCUT2D eigenvalue weighted by Gasteiger charge is -2.24. The lowest BCUT2D eigenvalue weighted by Crippen LogP contribution is -3.14. The highest BCUT2D eigenvalue weighted by molar-refractivity contribution is 5.70. The molecule has 1 aromatic rings. The normalized spacial score (nSPS) is 20.2. The van der Waals surface area contributed by atoms with Gasteiger partial charge >= 0.3 is 5.96 Å². The van der Waals surface area contributed by atoms with E-state index in [2.05, 4.69) is 36.4 Å². The number of piperazine rings is 1. The second kappa shape index (κ2) is 6.21. The highest BCUT2D eigenvalue weighted by atomic mass is 15.2. The minimum atomic E-state index is 0.453. The Morgan fingerprint density at radius 2 is 1.83 bits per heavy atom. The fourth-order valence-electron chi connectivity index (χ4n) is 2.21. The summed E-state index contributed by atoms with van der Waals surface area (Å²) in [6.45, 7) is 5.16. The molecular weight excluding hydrogens is 224 g/mol. The lowest BCUT2D eigenvalue weighted by atomic mass is 10.2. The predicted octanol–water partition coefficient (Wildman–Crippen LogP) is -1.12. The van der Waals surface area contributed by atoms with E-state index in [4.69, 9.17) is 11.5 Å². The summed E-state index contributed by atoms with van der Waals surface area (Å²) in [4.78, 5) is 1.58. The fraction of sp³-hybridized carbons (Fsp3) is 0.357. The van der Waals surface area contributed by atoms with E-state index in [0.29, 0.717) is 5.96 Å². The molecule has 0 atom stereocenters. The molecule has 0 saturated carbocycles. The molecule has 4 heteroatoms. The monoisotopic (exact) mass is 246 g/mol. The van der Waals surface area contributed by atoms with E-state index >= 15 is 0 Å². The maximum atomic E-state index is 5.59. The predicted molar refractivity (Wildman–Crippen MR) is 74.4 cm³/mol. The number of hydrogen-bond donors (Lipinski definition) is 3. The van der Waals surface area contributed by atoms with Crippen LogP contribution in [0.5, 0.6) is 0 Å². The van der Waals surface area contributed by atoms with E-state index in [1.807, 2.05) is 10.6 Å². The lowest BCUT2D eigenvalue weighted by molar-refractivity contribution is -0.926. The van der Waals surface area contributed by atoms with E-state index < -0.39 is 0 Å². The third-order valence-corrected chi connectivity index (χ3v) is 3.35. The van der Waals surface area contributed by atoms with Crippen LogP contribution in [0, 0.1) is 0 Å². The number of nitrogens with zero attached hydrogens (tertiary/aromatic N) is 1. The van der Waals surface area contributed by atoms with Gasteiger partial charge in [-0.25, -0.2) is 0 Å². The first-order chi connectivity index (χ1) is 8.75. The average Bonchev–Trinajstić information content (AvgIpc) is 2.40. The molecule has 4 nitrogen and oxygen atoms in total. The molecule has 1 heterocycles. The van der Waals surface area contributed by atoms with Crippen molar-refractivity contribution in [1.29, 1.82) is 0 Å². The van der Waals surface area contributed by atoms with Crippen LogP contribution in [0.3, 0.4) is 0 Å². The number of benzene rings is 1. The van der Waals surface area contributed by atoms with Gasteiger partial charge in [0.15, 0.2) is 0 Å². The molecule has 0 spiro atoms. The number of rotatable bonds is 3. The second-order valence-corrected chi connectivity index (χ2v) is 4.68. The molecule has 1 saturated heterocycles. The Kier molecular flexibility index (Phi) is 4.36. The second-order valence-electron chi connectivity index (χ2n) is 4.68. The van der Waals surface area contributed by atoms with E-state index in [1.165, 1.54) is 5.56 Å². The van der Waals surface area contributed by atoms with Crippen LogP contribution in [0.15, 0.2) is 36.4 Å². The zero-order valence-electron chi connectivity index (χ0n) is 10.7. The Balaban J connectivity index is 1.79. The van der Waals surface area contributed by atoms with E-state index in [9.17, 15) is 0 Å². The standard InChI is InChI=1S/C14H20N4/c15-14(16)18-11-9-17(10-12-18)8-4-7-13-5-2-1-3-6-13/h1-7H,8-12H2,(H3,15,16)/p+2/b7-4+. The van der Waals surface area contributed by atoms with Gasteiger partial charge in [0.25, 0.3) is 0 Å². The molecule has 1 aliphatic rings. The van der Waals surface area contributed by atoms with Crippen molar-refractivity contribution in [2.45, 2.75) is 0 Å². The summed E-state index contributed by atoms with van der Waals surface area (Å²) in [6.07, 6.45) is 4.43. The molecule has 5 N–H and O–H groups in total. The van der Waals surface area contributed by atoms with Crippen molar-refractivity contribution in [1.82, 2.24) is 0 Å². The molecule has 0 amide bonds. The number of nitrogens with one attached hydrogen (secondary N) is 1. The zero-order valence-corrected chi connectivity index (χ0v) is 10.7. The van der Waals surface area contributed by atoms with Gasteiger partial charge in [0.05, 0.1) is 6.54 Å². The zero-order chi connectivity index (χ0) is 12.8. The maximum absolute atomic E-state index is 5.59. The summed E-state index contributed by atoms with van der Waals surface area (Å²) in [5.41, 5.74) is 12.4. The van der Waals surface area contributed by atoms with Gasteiger partial charge in [-0.1, -0.05) is 36.4 Å². The number of guanidine groups is 1. The Bertz CT molecular complexity index is 422. The first kappa shape index (κ1) is 12.6. The van der Waals surface area contributed by atoms with Gasteiger partial charge in [0.2, 0.25) is 0 Å². The molecule has 18 heavy (non-hydrogen) atoms. The van der Waals surface area contributed by atoms with Crippen molar-refractivity contribution in [3.8, 4) is 0 Å². The van der Waals surface area contributed by atoms with Gasteiger partial charge in [-0.3, -0.25) is 16.0 Å².